The van der Waals surface area contributed by atoms with Crippen LogP contribution in [0.4, 0.5) is 5.69 Å². The highest BCUT2D eigenvalue weighted by atomic mass is 16.2. The van der Waals surface area contributed by atoms with E-state index in [1.165, 1.54) is 11.1 Å². The summed E-state index contributed by atoms with van der Waals surface area (Å²) in [6.45, 7) is 2.11. The highest BCUT2D eigenvalue weighted by Gasteiger charge is 2.44. The van der Waals surface area contributed by atoms with Crippen LogP contribution in [0, 0.1) is 6.92 Å². The maximum atomic E-state index is 13.0. The number of nitrogen functional groups attached to an aromatic ring is 1. The van der Waals surface area contributed by atoms with E-state index in [4.69, 9.17) is 5.73 Å². The molecule has 0 unspecified atom stereocenters. The van der Waals surface area contributed by atoms with Gasteiger partial charge in [0, 0.05) is 12.1 Å². The molecule has 2 aliphatic rings. The Labute approximate surface area is 150 Å². The number of carbonyl (C=O) groups excluding carboxylic acids is 1. The van der Waals surface area contributed by atoms with Crippen LogP contribution < -0.4 is 17.0 Å². The molecule has 2 aromatic rings. The minimum atomic E-state index is -0.723. The van der Waals surface area contributed by atoms with Gasteiger partial charge < -0.3 is 15.6 Å². The minimum absolute atomic E-state index is 0.0926. The fourth-order valence-corrected chi connectivity index (χ4v) is 3.89. The fourth-order valence-electron chi connectivity index (χ4n) is 3.89. The number of benzene rings is 1. The number of amides is 1. The van der Waals surface area contributed by atoms with Crippen molar-refractivity contribution < 1.29 is 4.79 Å². The SMILES string of the molecule is Cc1ccccc1C1CC(N(C(=O)c2[nH]c(=O)[nH]c(=O)c2N)C2CC2)C1. The Morgan fingerprint density at radius 2 is 1.81 bits per heavy atom. The van der Waals surface area contributed by atoms with Crippen molar-refractivity contribution in [1.29, 1.82) is 0 Å². The molecule has 0 atom stereocenters. The maximum Gasteiger partial charge on any atom is 0.326 e. The van der Waals surface area contributed by atoms with Gasteiger partial charge in [0.2, 0.25) is 0 Å². The average Bonchev–Trinajstić information content (AvgIpc) is 3.39. The Bertz CT molecular complexity index is 967. The summed E-state index contributed by atoms with van der Waals surface area (Å²) in [5, 5.41) is 0. The van der Waals surface area contributed by atoms with Gasteiger partial charge in [-0.15, -0.1) is 0 Å². The predicted octanol–water partition coefficient (Wildman–Crippen LogP) is 1.50. The van der Waals surface area contributed by atoms with Gasteiger partial charge in [-0.2, -0.15) is 0 Å². The summed E-state index contributed by atoms with van der Waals surface area (Å²) >= 11 is 0. The number of rotatable bonds is 4. The van der Waals surface area contributed by atoms with E-state index in [1.807, 2.05) is 22.0 Å². The normalized spacial score (nSPS) is 21.9. The Morgan fingerprint density at radius 1 is 1.12 bits per heavy atom. The molecule has 26 heavy (non-hydrogen) atoms. The lowest BCUT2D eigenvalue weighted by atomic mass is 9.73. The van der Waals surface area contributed by atoms with Crippen LogP contribution in [-0.2, 0) is 0 Å². The number of nitrogens with two attached hydrogens (primary N) is 1. The van der Waals surface area contributed by atoms with Gasteiger partial charge >= 0.3 is 5.69 Å². The van der Waals surface area contributed by atoms with Crippen LogP contribution in [0.15, 0.2) is 33.9 Å². The molecule has 4 N–H and O–H groups in total. The zero-order chi connectivity index (χ0) is 18.4. The number of hydrogen-bond donors (Lipinski definition) is 3. The lowest BCUT2D eigenvalue weighted by Gasteiger charge is -2.44. The average molecular weight is 354 g/mol. The van der Waals surface area contributed by atoms with Crippen molar-refractivity contribution in [1.82, 2.24) is 14.9 Å². The van der Waals surface area contributed by atoms with Crippen LogP contribution in [0.5, 0.6) is 0 Å². The molecular weight excluding hydrogens is 332 g/mol. The van der Waals surface area contributed by atoms with Crippen molar-refractivity contribution in [3.05, 3.63) is 61.9 Å². The lowest BCUT2D eigenvalue weighted by molar-refractivity contribution is 0.0511. The van der Waals surface area contributed by atoms with E-state index in [1.54, 1.807) is 0 Å². The van der Waals surface area contributed by atoms with E-state index in [-0.39, 0.29) is 29.4 Å². The third kappa shape index (κ3) is 2.83. The van der Waals surface area contributed by atoms with Crippen LogP contribution in [0.3, 0.4) is 0 Å². The number of anilines is 1. The molecule has 2 saturated carbocycles. The van der Waals surface area contributed by atoms with Gasteiger partial charge in [-0.05, 0) is 49.7 Å². The van der Waals surface area contributed by atoms with Gasteiger partial charge in [0.1, 0.15) is 11.4 Å². The molecular formula is C19H22N4O3. The van der Waals surface area contributed by atoms with Crippen LogP contribution in [0.25, 0.3) is 0 Å². The number of nitrogens with one attached hydrogen (secondary N) is 2. The van der Waals surface area contributed by atoms with Gasteiger partial charge in [0.25, 0.3) is 11.5 Å². The van der Waals surface area contributed by atoms with Crippen molar-refractivity contribution in [2.75, 3.05) is 5.73 Å². The largest absolute Gasteiger partial charge is 0.392 e. The molecule has 1 amide bonds. The third-order valence-corrected chi connectivity index (χ3v) is 5.50. The van der Waals surface area contributed by atoms with Gasteiger partial charge in [-0.25, -0.2) is 4.79 Å². The summed E-state index contributed by atoms with van der Waals surface area (Å²) in [6, 6.07) is 8.61. The second kappa shape index (κ2) is 6.16. The van der Waals surface area contributed by atoms with Crippen molar-refractivity contribution in [3.8, 4) is 0 Å². The number of hydrogen-bond acceptors (Lipinski definition) is 4. The summed E-state index contributed by atoms with van der Waals surface area (Å²) in [5.41, 5.74) is 6.59. The van der Waals surface area contributed by atoms with Gasteiger partial charge in [-0.3, -0.25) is 14.6 Å². The number of aryl methyl sites for hydroxylation is 1. The van der Waals surface area contributed by atoms with Crippen molar-refractivity contribution in [3.63, 3.8) is 0 Å². The number of aromatic nitrogens is 2. The predicted molar refractivity (Wildman–Crippen MR) is 98.2 cm³/mol. The van der Waals surface area contributed by atoms with Crippen LogP contribution >= 0.6 is 0 Å². The van der Waals surface area contributed by atoms with Crippen LogP contribution in [0.1, 0.15) is 53.2 Å². The molecule has 0 bridgehead atoms. The molecule has 4 rings (SSSR count). The first-order valence-corrected chi connectivity index (χ1v) is 8.96. The number of nitrogens with zero attached hydrogens (tertiary/aromatic N) is 1. The monoisotopic (exact) mass is 354 g/mol. The highest BCUT2D eigenvalue weighted by molar-refractivity contribution is 5.97. The first kappa shape index (κ1) is 16.6. The molecule has 2 aliphatic carbocycles. The van der Waals surface area contributed by atoms with E-state index < -0.39 is 11.2 Å². The van der Waals surface area contributed by atoms with Crippen LogP contribution in [-0.4, -0.2) is 32.9 Å². The standard InChI is InChI=1S/C19H22N4O3/c1-10-4-2-3-5-14(10)11-8-13(9-11)23(12-6-7-12)18(25)16-15(20)17(24)22-19(26)21-16/h2-5,11-13H,6-9,20H2,1H3,(H2,21,22,24,26). The first-order valence-electron chi connectivity index (χ1n) is 8.96. The van der Waals surface area contributed by atoms with E-state index in [0.29, 0.717) is 5.92 Å². The Kier molecular flexibility index (Phi) is 3.94. The molecule has 1 heterocycles. The summed E-state index contributed by atoms with van der Waals surface area (Å²) in [4.78, 5) is 42.6. The van der Waals surface area contributed by atoms with E-state index in [2.05, 4.69) is 24.0 Å². The quantitative estimate of drug-likeness (QED) is 0.772. The molecule has 2 fully saturated rings. The summed E-state index contributed by atoms with van der Waals surface area (Å²) in [7, 11) is 0. The lowest BCUT2D eigenvalue weighted by Crippen LogP contribution is -2.49. The van der Waals surface area contributed by atoms with Crippen LogP contribution in [0.2, 0.25) is 0 Å². The van der Waals surface area contributed by atoms with E-state index in [9.17, 15) is 14.4 Å². The third-order valence-electron chi connectivity index (χ3n) is 5.50. The number of aromatic amines is 2. The zero-order valence-electron chi connectivity index (χ0n) is 14.6. The second-order valence-corrected chi connectivity index (χ2v) is 7.32. The maximum absolute atomic E-state index is 13.0. The zero-order valence-corrected chi connectivity index (χ0v) is 14.6. The van der Waals surface area contributed by atoms with Gasteiger partial charge in [0.15, 0.2) is 0 Å². The van der Waals surface area contributed by atoms with Crippen molar-refractivity contribution >= 4 is 11.6 Å². The topological polar surface area (TPSA) is 112 Å². The van der Waals surface area contributed by atoms with Gasteiger partial charge in [0.05, 0.1) is 0 Å². The fraction of sp³-hybridized carbons (Fsp3) is 0.421. The first-order chi connectivity index (χ1) is 12.5. The minimum Gasteiger partial charge on any atom is -0.392 e. The van der Waals surface area contributed by atoms with Crippen molar-refractivity contribution in [2.24, 2.45) is 0 Å². The molecule has 136 valence electrons. The highest BCUT2D eigenvalue weighted by Crippen LogP contribution is 2.44. The smallest absolute Gasteiger partial charge is 0.326 e. The Hall–Kier alpha value is -2.83. The molecule has 1 aromatic heterocycles. The second-order valence-electron chi connectivity index (χ2n) is 7.32. The molecule has 0 saturated heterocycles. The van der Waals surface area contributed by atoms with Crippen molar-refractivity contribution in [2.45, 2.75) is 50.6 Å². The van der Waals surface area contributed by atoms with E-state index in [0.717, 1.165) is 25.7 Å². The van der Waals surface area contributed by atoms with E-state index >= 15 is 0 Å². The summed E-state index contributed by atoms with van der Waals surface area (Å²) in [5.74, 6) is 0.0901. The summed E-state index contributed by atoms with van der Waals surface area (Å²) < 4.78 is 0. The Morgan fingerprint density at radius 3 is 2.46 bits per heavy atom. The van der Waals surface area contributed by atoms with Gasteiger partial charge in [-0.1, -0.05) is 24.3 Å². The molecule has 7 nitrogen and oxygen atoms in total. The Balaban J connectivity index is 1.57. The molecule has 1 aromatic carbocycles. The number of H-pyrrole nitrogens is 2. The molecule has 0 radical (unpaired) electrons. The molecule has 0 aliphatic heterocycles. The summed E-state index contributed by atoms with van der Waals surface area (Å²) in [6.07, 6.45) is 3.68. The number of carbonyl (C=O) groups is 1. The molecule has 7 heteroatoms. The molecule has 0 spiro atoms.